The van der Waals surface area contributed by atoms with E-state index in [0.29, 0.717) is 23.6 Å². The van der Waals surface area contributed by atoms with E-state index >= 15 is 0 Å². The van der Waals surface area contributed by atoms with Crippen LogP contribution in [-0.2, 0) is 0 Å². The maximum atomic E-state index is 11.3. The van der Waals surface area contributed by atoms with Gasteiger partial charge in [0, 0.05) is 37.3 Å². The van der Waals surface area contributed by atoms with Gasteiger partial charge in [0.15, 0.2) is 0 Å². The van der Waals surface area contributed by atoms with Crippen molar-refractivity contribution in [2.75, 3.05) is 31.1 Å². The van der Waals surface area contributed by atoms with Gasteiger partial charge in [-0.05, 0) is 37.9 Å². The first-order chi connectivity index (χ1) is 10.2. The maximum Gasteiger partial charge on any atom is 0.293 e. The third kappa shape index (κ3) is 2.76. The second kappa shape index (κ2) is 5.81. The van der Waals surface area contributed by atoms with E-state index in [1.165, 1.54) is 12.5 Å². The minimum atomic E-state index is -0.389. The van der Waals surface area contributed by atoms with E-state index in [-0.39, 0.29) is 10.6 Å². The van der Waals surface area contributed by atoms with Crippen LogP contribution >= 0.6 is 0 Å². The van der Waals surface area contributed by atoms with Crippen LogP contribution in [0.4, 0.5) is 11.4 Å². The van der Waals surface area contributed by atoms with E-state index in [1.807, 2.05) is 0 Å². The molecular weight excluding hydrogens is 270 g/mol. The van der Waals surface area contributed by atoms with Gasteiger partial charge in [0.2, 0.25) is 0 Å². The molecule has 0 spiro atoms. The molecule has 0 saturated carbocycles. The van der Waals surface area contributed by atoms with E-state index in [1.54, 1.807) is 12.1 Å². The topological polar surface area (TPSA) is 66.7 Å². The van der Waals surface area contributed by atoms with Crippen molar-refractivity contribution in [1.29, 1.82) is 0 Å². The van der Waals surface area contributed by atoms with Gasteiger partial charge < -0.3 is 4.90 Å². The Kier molecular flexibility index (Phi) is 3.88. The Morgan fingerprint density at radius 1 is 1.24 bits per heavy atom. The van der Waals surface area contributed by atoms with Gasteiger partial charge in [-0.2, -0.15) is 0 Å². The first-order valence-electron chi connectivity index (χ1n) is 7.41. The molecule has 0 N–H and O–H groups in total. The average molecular weight is 289 g/mol. The van der Waals surface area contributed by atoms with Crippen molar-refractivity contribution in [3.63, 3.8) is 0 Å². The fourth-order valence-corrected chi connectivity index (χ4v) is 3.45. The Balaban J connectivity index is 1.91. The molecule has 0 bridgehead atoms. The number of nitro benzene ring substituents is 1. The summed E-state index contributed by atoms with van der Waals surface area (Å²) in [7, 11) is 0. The molecule has 2 heterocycles. The molecular formula is C15H19N3O3. The minimum Gasteiger partial charge on any atom is -0.364 e. The smallest absolute Gasteiger partial charge is 0.293 e. The monoisotopic (exact) mass is 289 g/mol. The molecule has 1 atom stereocenters. The van der Waals surface area contributed by atoms with Gasteiger partial charge in [-0.15, -0.1) is 0 Å². The zero-order valence-electron chi connectivity index (χ0n) is 11.9. The average Bonchev–Trinajstić information content (AvgIpc) is 2.83. The van der Waals surface area contributed by atoms with Crippen LogP contribution in [0.25, 0.3) is 0 Å². The molecule has 2 fully saturated rings. The van der Waals surface area contributed by atoms with E-state index in [9.17, 15) is 14.9 Å². The lowest BCUT2D eigenvalue weighted by molar-refractivity contribution is -0.384. The number of hydrogen-bond donors (Lipinski definition) is 0. The van der Waals surface area contributed by atoms with Crippen molar-refractivity contribution < 1.29 is 9.72 Å². The Bertz CT molecular complexity index is 561. The molecule has 1 unspecified atom stereocenters. The largest absolute Gasteiger partial charge is 0.364 e. The van der Waals surface area contributed by atoms with Crippen LogP contribution in [0.5, 0.6) is 0 Å². The molecule has 1 aromatic rings. The van der Waals surface area contributed by atoms with Gasteiger partial charge in [0.25, 0.3) is 5.69 Å². The number of anilines is 1. The number of rotatable bonds is 3. The third-order valence-electron chi connectivity index (χ3n) is 4.48. The lowest BCUT2D eigenvalue weighted by Crippen LogP contribution is -2.36. The van der Waals surface area contributed by atoms with E-state index in [2.05, 4.69) is 9.80 Å². The number of fused-ring (bicyclic) bond motifs is 1. The number of nitrogens with zero attached hydrogens (tertiary/aromatic N) is 3. The molecule has 0 amide bonds. The predicted molar refractivity (Wildman–Crippen MR) is 79.9 cm³/mol. The van der Waals surface area contributed by atoms with Crippen molar-refractivity contribution >= 4 is 17.7 Å². The van der Waals surface area contributed by atoms with E-state index in [0.717, 1.165) is 39.0 Å². The van der Waals surface area contributed by atoms with Crippen molar-refractivity contribution in [1.82, 2.24) is 4.90 Å². The standard InChI is InChI=1S/C15H19N3O3/c19-11-12-4-5-14(15(9-12)18(20)21)17-8-2-7-16-6-1-3-13(16)10-17/h4-5,9,11,13H,1-3,6-8,10H2. The van der Waals surface area contributed by atoms with Gasteiger partial charge >= 0.3 is 0 Å². The van der Waals surface area contributed by atoms with Gasteiger partial charge in [-0.1, -0.05) is 0 Å². The number of aldehydes is 1. The van der Waals surface area contributed by atoms with Crippen LogP contribution in [0.1, 0.15) is 29.6 Å². The predicted octanol–water partition coefficient (Wildman–Crippen LogP) is 2.08. The third-order valence-corrected chi connectivity index (χ3v) is 4.48. The highest BCUT2D eigenvalue weighted by atomic mass is 16.6. The highest BCUT2D eigenvalue weighted by molar-refractivity contribution is 5.79. The molecule has 2 aliphatic rings. The summed E-state index contributed by atoms with van der Waals surface area (Å²) in [4.78, 5) is 26.3. The summed E-state index contributed by atoms with van der Waals surface area (Å²) in [5.74, 6) is 0. The van der Waals surface area contributed by atoms with Crippen molar-refractivity contribution in [2.45, 2.75) is 25.3 Å². The summed E-state index contributed by atoms with van der Waals surface area (Å²) >= 11 is 0. The van der Waals surface area contributed by atoms with Gasteiger partial charge in [0.1, 0.15) is 12.0 Å². The summed E-state index contributed by atoms with van der Waals surface area (Å²) in [6, 6.07) is 5.25. The lowest BCUT2D eigenvalue weighted by atomic mass is 10.1. The zero-order chi connectivity index (χ0) is 14.8. The van der Waals surface area contributed by atoms with Crippen LogP contribution in [0.15, 0.2) is 18.2 Å². The van der Waals surface area contributed by atoms with Crippen LogP contribution in [0.2, 0.25) is 0 Å². The Hall–Kier alpha value is -1.95. The fraction of sp³-hybridized carbons (Fsp3) is 0.533. The fourth-order valence-electron chi connectivity index (χ4n) is 3.45. The van der Waals surface area contributed by atoms with Crippen molar-refractivity contribution in [2.24, 2.45) is 0 Å². The van der Waals surface area contributed by atoms with Crippen LogP contribution < -0.4 is 4.90 Å². The highest BCUT2D eigenvalue weighted by Crippen LogP contribution is 2.32. The Labute approximate surface area is 123 Å². The van der Waals surface area contributed by atoms with Crippen molar-refractivity contribution in [3.8, 4) is 0 Å². The number of carbonyl (C=O) groups excluding carboxylic acids is 1. The van der Waals surface area contributed by atoms with Crippen LogP contribution in [0, 0.1) is 10.1 Å². The van der Waals surface area contributed by atoms with Crippen molar-refractivity contribution in [3.05, 3.63) is 33.9 Å². The van der Waals surface area contributed by atoms with Crippen LogP contribution in [-0.4, -0.2) is 48.3 Å². The highest BCUT2D eigenvalue weighted by Gasteiger charge is 2.31. The van der Waals surface area contributed by atoms with Crippen LogP contribution in [0.3, 0.4) is 0 Å². The van der Waals surface area contributed by atoms with E-state index < -0.39 is 0 Å². The summed E-state index contributed by atoms with van der Waals surface area (Å²) in [6.45, 7) is 3.88. The molecule has 1 aromatic carbocycles. The molecule has 2 saturated heterocycles. The summed E-state index contributed by atoms with van der Waals surface area (Å²) in [5.41, 5.74) is 1.02. The lowest BCUT2D eigenvalue weighted by Gasteiger charge is -2.27. The summed E-state index contributed by atoms with van der Waals surface area (Å²) in [5, 5.41) is 11.3. The maximum absolute atomic E-state index is 11.3. The molecule has 6 nitrogen and oxygen atoms in total. The molecule has 2 aliphatic heterocycles. The van der Waals surface area contributed by atoms with Gasteiger partial charge in [-0.25, -0.2) is 0 Å². The molecule has 0 aliphatic carbocycles. The Morgan fingerprint density at radius 3 is 2.81 bits per heavy atom. The van der Waals surface area contributed by atoms with Gasteiger partial charge in [-0.3, -0.25) is 19.8 Å². The number of hydrogen-bond acceptors (Lipinski definition) is 5. The Morgan fingerprint density at radius 2 is 2.05 bits per heavy atom. The van der Waals surface area contributed by atoms with E-state index in [4.69, 9.17) is 0 Å². The molecule has 21 heavy (non-hydrogen) atoms. The number of benzene rings is 1. The minimum absolute atomic E-state index is 0.0334. The number of nitro groups is 1. The van der Waals surface area contributed by atoms with Gasteiger partial charge in [0.05, 0.1) is 4.92 Å². The summed E-state index contributed by atoms with van der Waals surface area (Å²) < 4.78 is 0. The second-order valence-electron chi connectivity index (χ2n) is 5.75. The second-order valence-corrected chi connectivity index (χ2v) is 5.75. The molecule has 0 aromatic heterocycles. The molecule has 0 radical (unpaired) electrons. The quantitative estimate of drug-likeness (QED) is 0.484. The first kappa shape index (κ1) is 14.0. The number of carbonyl (C=O) groups is 1. The zero-order valence-corrected chi connectivity index (χ0v) is 11.9. The molecule has 3 rings (SSSR count). The SMILES string of the molecule is O=Cc1ccc(N2CCCN3CCCC3C2)c([N+](=O)[O-])c1. The summed E-state index contributed by atoms with van der Waals surface area (Å²) in [6.07, 6.45) is 4.04. The molecule has 112 valence electrons. The molecule has 6 heteroatoms. The first-order valence-corrected chi connectivity index (χ1v) is 7.41. The normalized spacial score (nSPS) is 22.7.